The molecule has 1 N–H and O–H groups in total. The van der Waals surface area contributed by atoms with E-state index in [2.05, 4.69) is 31.2 Å². The molecule has 0 aliphatic carbocycles. The molecule has 1 amide bonds. The quantitative estimate of drug-likeness (QED) is 0.645. The Balaban J connectivity index is 1.70. The maximum atomic E-state index is 14.0. The van der Waals surface area contributed by atoms with Gasteiger partial charge in [-0.05, 0) is 38.8 Å². The molecule has 0 bridgehead atoms. The van der Waals surface area contributed by atoms with Gasteiger partial charge >= 0.3 is 0 Å². The summed E-state index contributed by atoms with van der Waals surface area (Å²) in [6, 6.07) is 7.21. The summed E-state index contributed by atoms with van der Waals surface area (Å²) in [6.07, 6.45) is 5.01. The van der Waals surface area contributed by atoms with Crippen molar-refractivity contribution < 1.29 is 13.9 Å². The number of hydrogen-bond donors (Lipinski definition) is 1. The number of rotatable bonds is 10. The van der Waals surface area contributed by atoms with Crippen molar-refractivity contribution in [1.82, 2.24) is 20.0 Å². The van der Waals surface area contributed by atoms with Gasteiger partial charge in [0.1, 0.15) is 5.82 Å². The molecule has 1 aromatic heterocycles. The summed E-state index contributed by atoms with van der Waals surface area (Å²) in [4.78, 5) is 14.7. The third kappa shape index (κ3) is 5.26. The van der Waals surface area contributed by atoms with Gasteiger partial charge in [-0.3, -0.25) is 9.48 Å². The summed E-state index contributed by atoms with van der Waals surface area (Å²) in [5.41, 5.74) is 1.76. The molecule has 6 nitrogen and oxygen atoms in total. The maximum absolute atomic E-state index is 14.0. The lowest BCUT2D eigenvalue weighted by molar-refractivity contribution is -0.129. The molecule has 1 aromatic carbocycles. The van der Waals surface area contributed by atoms with Crippen molar-refractivity contribution in [2.75, 3.05) is 26.8 Å². The molecule has 3 rings (SSSR count). The fourth-order valence-corrected chi connectivity index (χ4v) is 4.16. The van der Waals surface area contributed by atoms with E-state index in [4.69, 9.17) is 4.74 Å². The number of benzene rings is 1. The van der Waals surface area contributed by atoms with E-state index in [0.29, 0.717) is 38.1 Å². The molecule has 3 atom stereocenters. The van der Waals surface area contributed by atoms with Crippen molar-refractivity contribution in [2.24, 2.45) is 5.92 Å². The predicted molar refractivity (Wildman–Crippen MR) is 115 cm³/mol. The molecule has 0 unspecified atom stereocenters. The van der Waals surface area contributed by atoms with Gasteiger partial charge in [-0.25, -0.2) is 4.39 Å². The van der Waals surface area contributed by atoms with Gasteiger partial charge in [0, 0.05) is 56.4 Å². The van der Waals surface area contributed by atoms with Crippen molar-refractivity contribution in [2.45, 2.75) is 51.7 Å². The van der Waals surface area contributed by atoms with E-state index in [0.717, 1.165) is 5.56 Å². The second kappa shape index (κ2) is 10.2. The number of nitrogens with one attached hydrogen (secondary N) is 1. The zero-order valence-corrected chi connectivity index (χ0v) is 18.3. The fourth-order valence-electron chi connectivity index (χ4n) is 4.16. The fraction of sp³-hybridized carbons (Fsp3) is 0.565. The first-order chi connectivity index (χ1) is 14.4. The molecule has 1 saturated heterocycles. The van der Waals surface area contributed by atoms with Gasteiger partial charge in [0.2, 0.25) is 5.91 Å². The number of halogens is 1. The zero-order chi connectivity index (χ0) is 21.7. The van der Waals surface area contributed by atoms with Crippen LogP contribution >= 0.6 is 0 Å². The molecule has 7 heteroatoms. The highest BCUT2D eigenvalue weighted by Gasteiger charge is 2.41. The molecule has 1 aliphatic rings. The van der Waals surface area contributed by atoms with Crippen molar-refractivity contribution >= 4 is 5.91 Å². The molecule has 0 saturated carbocycles. The number of hydrogen-bond acceptors (Lipinski definition) is 4. The smallest absolute Gasteiger partial charge is 0.223 e. The molecule has 164 valence electrons. The Kier molecular flexibility index (Phi) is 7.61. The monoisotopic (exact) mass is 416 g/mol. The highest BCUT2D eigenvalue weighted by Crippen LogP contribution is 2.37. The molecule has 2 aromatic rings. The molecule has 2 heterocycles. The molecule has 0 radical (unpaired) electrons. The third-order valence-corrected chi connectivity index (χ3v) is 5.78. The van der Waals surface area contributed by atoms with Crippen LogP contribution in [-0.4, -0.2) is 53.4 Å². The Morgan fingerprint density at radius 1 is 1.30 bits per heavy atom. The largest absolute Gasteiger partial charge is 0.383 e. The summed E-state index contributed by atoms with van der Waals surface area (Å²) < 4.78 is 21.1. The number of aromatic nitrogens is 2. The Morgan fingerprint density at radius 2 is 2.07 bits per heavy atom. The summed E-state index contributed by atoms with van der Waals surface area (Å²) in [5, 5.41) is 8.00. The van der Waals surface area contributed by atoms with Crippen molar-refractivity contribution in [3.8, 4) is 0 Å². The van der Waals surface area contributed by atoms with Gasteiger partial charge in [-0.15, -0.1) is 0 Å². The van der Waals surface area contributed by atoms with E-state index in [-0.39, 0.29) is 35.8 Å². The van der Waals surface area contributed by atoms with Gasteiger partial charge in [-0.2, -0.15) is 5.10 Å². The van der Waals surface area contributed by atoms with Crippen LogP contribution in [-0.2, 0) is 16.0 Å². The standard InChI is InChI=1S/C23H33FN4O2/c1-16(2)28-15-20(14-26-28)23-19(12-22(29)27(23)9-10-30-4)13-25-17(3)11-18-7-5-6-8-21(18)24/h5-8,14-17,19,23,25H,9-13H2,1-4H3/t17-,19-,23+/m0/s1. The normalized spacial score (nSPS) is 20.3. The van der Waals surface area contributed by atoms with Crippen LogP contribution < -0.4 is 5.32 Å². The first kappa shape index (κ1) is 22.4. The van der Waals surface area contributed by atoms with E-state index in [1.165, 1.54) is 6.07 Å². The Bertz CT molecular complexity index is 838. The topological polar surface area (TPSA) is 59.4 Å². The predicted octanol–water partition coefficient (Wildman–Crippen LogP) is 3.36. The number of carbonyl (C=O) groups excluding carboxylic acids is 1. The number of ether oxygens (including phenoxy) is 1. The van der Waals surface area contributed by atoms with Crippen molar-refractivity contribution in [1.29, 1.82) is 0 Å². The van der Waals surface area contributed by atoms with Crippen LogP contribution in [0.5, 0.6) is 0 Å². The van der Waals surface area contributed by atoms with Gasteiger partial charge < -0.3 is 15.0 Å². The number of carbonyl (C=O) groups is 1. The molecule has 30 heavy (non-hydrogen) atoms. The average molecular weight is 417 g/mol. The second-order valence-corrected chi connectivity index (χ2v) is 8.44. The number of nitrogens with zero attached hydrogens (tertiary/aromatic N) is 3. The minimum absolute atomic E-state index is 0.0340. The van der Waals surface area contributed by atoms with Crippen LogP contribution in [0.15, 0.2) is 36.7 Å². The summed E-state index contributed by atoms with van der Waals surface area (Å²) in [7, 11) is 1.65. The first-order valence-corrected chi connectivity index (χ1v) is 10.7. The van der Waals surface area contributed by atoms with Gasteiger partial charge in [0.25, 0.3) is 0 Å². The van der Waals surface area contributed by atoms with E-state index in [9.17, 15) is 9.18 Å². The summed E-state index contributed by atoms with van der Waals surface area (Å²) >= 11 is 0. The lowest BCUT2D eigenvalue weighted by Crippen LogP contribution is -2.36. The zero-order valence-electron chi connectivity index (χ0n) is 18.3. The summed E-state index contributed by atoms with van der Waals surface area (Å²) in [6.45, 7) is 7.98. The SMILES string of the molecule is COCCN1C(=O)C[C@@H](CN[C@@H](C)Cc2ccccc2F)[C@@H]1c1cnn(C(C)C)c1. The Morgan fingerprint density at radius 3 is 2.73 bits per heavy atom. The molecular formula is C23H33FN4O2. The Labute approximate surface area is 178 Å². The number of likely N-dealkylation sites (tertiary alicyclic amines) is 1. The van der Waals surface area contributed by atoms with Crippen LogP contribution in [0.4, 0.5) is 4.39 Å². The van der Waals surface area contributed by atoms with Crippen LogP contribution in [0.25, 0.3) is 0 Å². The van der Waals surface area contributed by atoms with E-state index in [1.54, 1.807) is 13.2 Å². The first-order valence-electron chi connectivity index (χ1n) is 10.7. The van der Waals surface area contributed by atoms with Crippen molar-refractivity contribution in [3.63, 3.8) is 0 Å². The van der Waals surface area contributed by atoms with Crippen LogP contribution in [0.2, 0.25) is 0 Å². The van der Waals surface area contributed by atoms with Crippen molar-refractivity contribution in [3.05, 3.63) is 53.6 Å². The molecule has 1 aliphatic heterocycles. The highest BCUT2D eigenvalue weighted by atomic mass is 19.1. The molecule has 1 fully saturated rings. The minimum Gasteiger partial charge on any atom is -0.383 e. The Hall–Kier alpha value is -2.25. The van der Waals surface area contributed by atoms with Gasteiger partial charge in [-0.1, -0.05) is 18.2 Å². The van der Waals surface area contributed by atoms with E-state index < -0.39 is 0 Å². The second-order valence-electron chi connectivity index (χ2n) is 8.44. The third-order valence-electron chi connectivity index (χ3n) is 5.78. The van der Waals surface area contributed by atoms with E-state index in [1.807, 2.05) is 34.1 Å². The number of methoxy groups -OCH3 is 1. The van der Waals surface area contributed by atoms with Gasteiger partial charge in [0.15, 0.2) is 0 Å². The maximum Gasteiger partial charge on any atom is 0.223 e. The highest BCUT2D eigenvalue weighted by molar-refractivity contribution is 5.79. The molecule has 0 spiro atoms. The van der Waals surface area contributed by atoms with Crippen LogP contribution in [0.1, 0.15) is 50.4 Å². The van der Waals surface area contributed by atoms with Crippen LogP contribution in [0, 0.1) is 11.7 Å². The average Bonchev–Trinajstić information content (AvgIpc) is 3.31. The number of amides is 1. The van der Waals surface area contributed by atoms with Crippen LogP contribution in [0.3, 0.4) is 0 Å². The minimum atomic E-state index is -0.174. The lowest BCUT2D eigenvalue weighted by atomic mass is 9.95. The van der Waals surface area contributed by atoms with E-state index >= 15 is 0 Å². The molecular weight excluding hydrogens is 383 g/mol. The summed E-state index contributed by atoms with van der Waals surface area (Å²) in [5.74, 6) is 0.0945. The lowest BCUT2D eigenvalue weighted by Gasteiger charge is -2.28. The van der Waals surface area contributed by atoms with Gasteiger partial charge in [0.05, 0.1) is 18.8 Å².